The maximum Gasteiger partial charge on any atom is 0.303 e. The highest BCUT2D eigenvalue weighted by Gasteiger charge is 1.97. The first kappa shape index (κ1) is 13.5. The third kappa shape index (κ3) is 5.91. The summed E-state index contributed by atoms with van der Waals surface area (Å²) in [6.45, 7) is 3.72. The first-order chi connectivity index (χ1) is 8.22. The Morgan fingerprint density at radius 3 is 2.35 bits per heavy atom. The van der Waals surface area contributed by atoms with E-state index < -0.39 is 5.97 Å². The van der Waals surface area contributed by atoms with Crippen molar-refractivity contribution in [3.63, 3.8) is 0 Å². The summed E-state index contributed by atoms with van der Waals surface area (Å²) in [5.41, 5.74) is 2.49. The third-order valence-corrected chi connectivity index (χ3v) is 2.82. The molecule has 0 amide bonds. The van der Waals surface area contributed by atoms with Crippen molar-refractivity contribution in [1.82, 2.24) is 0 Å². The maximum atomic E-state index is 10.3. The molecular formula is C15H20O2. The number of aliphatic carboxylic acids is 1. The second-order valence-corrected chi connectivity index (χ2v) is 4.25. The molecule has 0 aliphatic heterocycles. The van der Waals surface area contributed by atoms with Crippen LogP contribution in [-0.2, 0) is 11.2 Å². The zero-order valence-corrected chi connectivity index (χ0v) is 10.2. The van der Waals surface area contributed by atoms with Gasteiger partial charge in [0.1, 0.15) is 0 Å². The molecule has 0 radical (unpaired) electrons. The van der Waals surface area contributed by atoms with E-state index in [0.717, 1.165) is 37.7 Å². The van der Waals surface area contributed by atoms with E-state index in [9.17, 15) is 4.79 Å². The molecule has 2 heteroatoms. The topological polar surface area (TPSA) is 37.3 Å². The Bertz CT molecular complexity index is 352. The SMILES string of the molecule is C=Cc1ccc(CCCCCCC(=O)O)cc1. The molecule has 0 bridgehead atoms. The zero-order chi connectivity index (χ0) is 12.5. The Morgan fingerprint density at radius 2 is 1.76 bits per heavy atom. The Kier molecular flexibility index (Phi) is 6.08. The third-order valence-electron chi connectivity index (χ3n) is 2.82. The fraction of sp³-hybridized carbons (Fsp3) is 0.400. The Hall–Kier alpha value is -1.57. The van der Waals surface area contributed by atoms with E-state index in [4.69, 9.17) is 5.11 Å². The summed E-state index contributed by atoms with van der Waals surface area (Å²) in [6, 6.07) is 8.42. The second kappa shape index (κ2) is 7.66. The number of aryl methyl sites for hydroxylation is 1. The van der Waals surface area contributed by atoms with Crippen LogP contribution >= 0.6 is 0 Å². The number of hydrogen-bond acceptors (Lipinski definition) is 1. The molecule has 0 unspecified atom stereocenters. The normalized spacial score (nSPS) is 10.1. The number of carboxylic acid groups (broad SMARTS) is 1. The van der Waals surface area contributed by atoms with Crippen molar-refractivity contribution in [2.75, 3.05) is 0 Å². The van der Waals surface area contributed by atoms with Crippen molar-refractivity contribution in [1.29, 1.82) is 0 Å². The van der Waals surface area contributed by atoms with Gasteiger partial charge in [0.25, 0.3) is 0 Å². The monoisotopic (exact) mass is 232 g/mol. The van der Waals surface area contributed by atoms with E-state index in [1.54, 1.807) is 0 Å². The lowest BCUT2D eigenvalue weighted by atomic mass is 10.0. The van der Waals surface area contributed by atoms with Crippen molar-refractivity contribution < 1.29 is 9.90 Å². The molecule has 2 nitrogen and oxygen atoms in total. The van der Waals surface area contributed by atoms with Crippen LogP contribution in [0.5, 0.6) is 0 Å². The number of carboxylic acids is 1. The molecule has 0 aromatic heterocycles. The largest absolute Gasteiger partial charge is 0.481 e. The number of unbranched alkanes of at least 4 members (excludes halogenated alkanes) is 3. The summed E-state index contributed by atoms with van der Waals surface area (Å²) in [6.07, 6.45) is 7.26. The van der Waals surface area contributed by atoms with Crippen LogP contribution in [0.3, 0.4) is 0 Å². The van der Waals surface area contributed by atoms with Gasteiger partial charge in [-0.2, -0.15) is 0 Å². The van der Waals surface area contributed by atoms with E-state index in [2.05, 4.69) is 30.8 Å². The molecular weight excluding hydrogens is 212 g/mol. The average Bonchev–Trinajstić information content (AvgIpc) is 2.34. The second-order valence-electron chi connectivity index (χ2n) is 4.25. The average molecular weight is 232 g/mol. The van der Waals surface area contributed by atoms with Gasteiger partial charge in [0, 0.05) is 6.42 Å². The first-order valence-electron chi connectivity index (χ1n) is 6.15. The maximum absolute atomic E-state index is 10.3. The molecule has 0 atom stereocenters. The number of hydrogen-bond donors (Lipinski definition) is 1. The van der Waals surface area contributed by atoms with Crippen LogP contribution in [-0.4, -0.2) is 11.1 Å². The van der Waals surface area contributed by atoms with Gasteiger partial charge in [-0.1, -0.05) is 49.8 Å². The summed E-state index contributed by atoms with van der Waals surface area (Å²) in [5, 5.41) is 8.49. The summed E-state index contributed by atoms with van der Waals surface area (Å²) in [7, 11) is 0. The van der Waals surface area contributed by atoms with Crippen molar-refractivity contribution in [2.45, 2.75) is 38.5 Å². The van der Waals surface area contributed by atoms with Gasteiger partial charge in [-0.15, -0.1) is 0 Å². The predicted octanol–water partition coefficient (Wildman–Crippen LogP) is 3.91. The van der Waals surface area contributed by atoms with Crippen molar-refractivity contribution in [3.05, 3.63) is 42.0 Å². The van der Waals surface area contributed by atoms with Crippen LogP contribution in [0.25, 0.3) is 6.08 Å². The molecule has 0 heterocycles. The minimum atomic E-state index is -0.690. The van der Waals surface area contributed by atoms with Crippen LogP contribution in [0.15, 0.2) is 30.8 Å². The lowest BCUT2D eigenvalue weighted by molar-refractivity contribution is -0.137. The Labute approximate surface area is 103 Å². The molecule has 0 fully saturated rings. The van der Waals surface area contributed by atoms with Gasteiger partial charge < -0.3 is 5.11 Å². The highest BCUT2D eigenvalue weighted by molar-refractivity contribution is 5.66. The number of benzene rings is 1. The summed E-state index contributed by atoms with van der Waals surface area (Å²) in [5.74, 6) is -0.690. The highest BCUT2D eigenvalue weighted by Crippen LogP contribution is 2.11. The predicted molar refractivity (Wildman–Crippen MR) is 71.0 cm³/mol. The van der Waals surface area contributed by atoms with E-state index in [1.807, 2.05) is 6.08 Å². The minimum Gasteiger partial charge on any atom is -0.481 e. The van der Waals surface area contributed by atoms with Gasteiger partial charge in [-0.3, -0.25) is 4.79 Å². The molecule has 1 rings (SSSR count). The molecule has 17 heavy (non-hydrogen) atoms. The van der Waals surface area contributed by atoms with Gasteiger partial charge in [-0.25, -0.2) is 0 Å². The lowest BCUT2D eigenvalue weighted by Crippen LogP contribution is -1.94. The molecule has 1 aromatic carbocycles. The van der Waals surface area contributed by atoms with Crippen LogP contribution in [0, 0.1) is 0 Å². The van der Waals surface area contributed by atoms with E-state index >= 15 is 0 Å². The summed E-state index contributed by atoms with van der Waals surface area (Å²) in [4.78, 5) is 10.3. The zero-order valence-electron chi connectivity index (χ0n) is 10.2. The van der Waals surface area contributed by atoms with Crippen molar-refractivity contribution >= 4 is 12.0 Å². The summed E-state index contributed by atoms with van der Waals surface area (Å²) >= 11 is 0. The number of carbonyl (C=O) groups is 1. The van der Waals surface area contributed by atoms with Crippen LogP contribution < -0.4 is 0 Å². The summed E-state index contributed by atoms with van der Waals surface area (Å²) < 4.78 is 0. The molecule has 0 aliphatic carbocycles. The van der Waals surface area contributed by atoms with E-state index in [0.29, 0.717) is 6.42 Å². The molecule has 0 saturated carbocycles. The van der Waals surface area contributed by atoms with Gasteiger partial charge in [0.2, 0.25) is 0 Å². The van der Waals surface area contributed by atoms with Gasteiger partial charge in [0.15, 0.2) is 0 Å². The minimum absolute atomic E-state index is 0.300. The molecule has 1 N–H and O–H groups in total. The van der Waals surface area contributed by atoms with Crippen LogP contribution in [0.1, 0.15) is 43.2 Å². The quantitative estimate of drug-likeness (QED) is 0.690. The van der Waals surface area contributed by atoms with Crippen LogP contribution in [0.4, 0.5) is 0 Å². The van der Waals surface area contributed by atoms with Gasteiger partial charge in [-0.05, 0) is 30.4 Å². The molecule has 0 spiro atoms. The smallest absolute Gasteiger partial charge is 0.303 e. The lowest BCUT2D eigenvalue weighted by Gasteiger charge is -2.02. The highest BCUT2D eigenvalue weighted by atomic mass is 16.4. The number of rotatable bonds is 8. The standard InChI is InChI=1S/C15H20O2/c1-2-13-9-11-14(12-10-13)7-5-3-4-6-8-15(16)17/h2,9-12H,1,3-8H2,(H,16,17). The van der Waals surface area contributed by atoms with E-state index in [-0.39, 0.29) is 0 Å². The molecule has 0 aliphatic rings. The Balaban J connectivity index is 2.13. The molecule has 0 saturated heterocycles. The van der Waals surface area contributed by atoms with Crippen molar-refractivity contribution in [3.8, 4) is 0 Å². The fourth-order valence-corrected chi connectivity index (χ4v) is 1.78. The molecule has 92 valence electrons. The van der Waals surface area contributed by atoms with Crippen LogP contribution in [0.2, 0.25) is 0 Å². The van der Waals surface area contributed by atoms with E-state index in [1.165, 1.54) is 5.56 Å². The Morgan fingerprint density at radius 1 is 1.12 bits per heavy atom. The first-order valence-corrected chi connectivity index (χ1v) is 6.15. The molecule has 1 aromatic rings. The van der Waals surface area contributed by atoms with Crippen molar-refractivity contribution in [2.24, 2.45) is 0 Å². The fourth-order valence-electron chi connectivity index (χ4n) is 1.78. The van der Waals surface area contributed by atoms with Gasteiger partial charge in [0.05, 0.1) is 0 Å². The van der Waals surface area contributed by atoms with Gasteiger partial charge >= 0.3 is 5.97 Å².